The van der Waals surface area contributed by atoms with Gasteiger partial charge >= 0.3 is 0 Å². The topological polar surface area (TPSA) is 45.7 Å². The molecule has 1 aliphatic heterocycles. The van der Waals surface area contributed by atoms with Crippen molar-refractivity contribution in [1.29, 1.82) is 0 Å². The Kier molecular flexibility index (Phi) is 8.17. The van der Waals surface area contributed by atoms with E-state index < -0.39 is 0 Å². The molecule has 190 valence electrons. The van der Waals surface area contributed by atoms with Gasteiger partial charge in [0.1, 0.15) is 5.75 Å². The third kappa shape index (κ3) is 6.64. The summed E-state index contributed by atoms with van der Waals surface area (Å²) in [6.45, 7) is 4.17. The van der Waals surface area contributed by atoms with Crippen LogP contribution in [-0.4, -0.2) is 47.4 Å². The molecule has 5 rings (SSSR count). The molecule has 2 heterocycles. The molecule has 36 heavy (non-hydrogen) atoms. The lowest BCUT2D eigenvalue weighted by atomic mass is 9.97. The fourth-order valence-corrected chi connectivity index (χ4v) is 5.87. The van der Waals surface area contributed by atoms with E-state index in [1.54, 1.807) is 0 Å². The van der Waals surface area contributed by atoms with Crippen LogP contribution in [0.1, 0.15) is 56.1 Å². The van der Waals surface area contributed by atoms with Gasteiger partial charge in [-0.25, -0.2) is 0 Å². The van der Waals surface area contributed by atoms with E-state index in [-0.39, 0.29) is 0 Å². The lowest BCUT2D eigenvalue weighted by molar-refractivity contribution is -0.134. The fraction of sp³-hybridized carbons (Fsp3) is 0.484. The first-order chi connectivity index (χ1) is 17.6. The number of fused-ring (bicyclic) bond motifs is 1. The third-order valence-electron chi connectivity index (χ3n) is 7.77. The number of ether oxygens (including phenoxy) is 1. The Morgan fingerprint density at radius 1 is 0.972 bits per heavy atom. The van der Waals surface area contributed by atoms with Crippen molar-refractivity contribution in [1.82, 2.24) is 14.8 Å². The number of piperidine rings is 1. The Morgan fingerprint density at radius 2 is 1.78 bits per heavy atom. The first-order valence-corrected chi connectivity index (χ1v) is 13.6. The molecule has 2 aromatic carbocycles. The van der Waals surface area contributed by atoms with Gasteiger partial charge in [-0.2, -0.15) is 0 Å². The monoisotopic (exact) mass is 485 g/mol. The van der Waals surface area contributed by atoms with Gasteiger partial charge in [-0.3, -0.25) is 14.7 Å². The van der Waals surface area contributed by atoms with Crippen LogP contribution in [0.4, 0.5) is 0 Å². The average Bonchev–Trinajstić information content (AvgIpc) is 3.41. The van der Waals surface area contributed by atoms with E-state index in [0.29, 0.717) is 24.3 Å². The molecule has 1 amide bonds. The number of benzene rings is 2. The maximum absolute atomic E-state index is 12.8. The van der Waals surface area contributed by atoms with Gasteiger partial charge in [0.05, 0.1) is 12.1 Å². The lowest BCUT2D eigenvalue weighted by Crippen LogP contribution is -2.42. The average molecular weight is 486 g/mol. The Hall–Kier alpha value is -2.92. The van der Waals surface area contributed by atoms with Crippen molar-refractivity contribution in [2.24, 2.45) is 11.8 Å². The predicted octanol–water partition coefficient (Wildman–Crippen LogP) is 6.06. The molecule has 1 atom stereocenters. The standard InChI is InChI=1S/C31H39N3O2/c1-33(21-26-13-14-30-28(17-26)11-5-15-32-30)20-25-9-4-12-29(18-25)36-23-27-10-6-16-34(22-27)31(35)19-24-7-2-3-8-24/h4-5,9,11-15,17-18,24,27H,2-3,6-8,10,16,19-23H2,1H3. The molecule has 5 heteroatoms. The molecule has 1 unspecified atom stereocenters. The van der Waals surface area contributed by atoms with Gasteiger partial charge in [0.2, 0.25) is 5.91 Å². The molecule has 5 nitrogen and oxygen atoms in total. The quantitative estimate of drug-likeness (QED) is 0.369. The number of hydrogen-bond donors (Lipinski definition) is 0. The number of hydrogen-bond acceptors (Lipinski definition) is 4. The largest absolute Gasteiger partial charge is 0.493 e. The van der Waals surface area contributed by atoms with E-state index in [0.717, 1.165) is 56.7 Å². The minimum atomic E-state index is 0.360. The van der Waals surface area contributed by atoms with Crippen LogP contribution in [-0.2, 0) is 17.9 Å². The van der Waals surface area contributed by atoms with E-state index in [2.05, 4.69) is 64.3 Å². The fourth-order valence-electron chi connectivity index (χ4n) is 5.87. The van der Waals surface area contributed by atoms with Crippen LogP contribution < -0.4 is 4.74 Å². The molecule has 2 aliphatic rings. The van der Waals surface area contributed by atoms with Gasteiger partial charge in [0.25, 0.3) is 0 Å². The van der Waals surface area contributed by atoms with Gasteiger partial charge in [-0.05, 0) is 80.1 Å². The molecule has 1 saturated carbocycles. The summed E-state index contributed by atoms with van der Waals surface area (Å²) in [6.07, 6.45) is 9.87. The van der Waals surface area contributed by atoms with Crippen molar-refractivity contribution < 1.29 is 9.53 Å². The Balaban J connectivity index is 1.10. The van der Waals surface area contributed by atoms with Crippen LogP contribution in [0.2, 0.25) is 0 Å². The van der Waals surface area contributed by atoms with Crippen LogP contribution in [0.5, 0.6) is 5.75 Å². The van der Waals surface area contributed by atoms with Crippen molar-refractivity contribution in [2.45, 2.75) is 58.0 Å². The molecule has 0 radical (unpaired) electrons. The number of pyridine rings is 1. The molecule has 1 saturated heterocycles. The first-order valence-electron chi connectivity index (χ1n) is 13.6. The van der Waals surface area contributed by atoms with Gasteiger partial charge in [-0.1, -0.05) is 37.1 Å². The second-order valence-electron chi connectivity index (χ2n) is 10.9. The van der Waals surface area contributed by atoms with Gasteiger partial charge < -0.3 is 9.64 Å². The molecule has 1 aromatic heterocycles. The predicted molar refractivity (Wildman–Crippen MR) is 145 cm³/mol. The Morgan fingerprint density at radius 3 is 2.64 bits per heavy atom. The zero-order valence-corrected chi connectivity index (χ0v) is 21.6. The summed E-state index contributed by atoms with van der Waals surface area (Å²) in [4.78, 5) is 21.6. The minimum absolute atomic E-state index is 0.360. The Labute approximate surface area is 215 Å². The summed E-state index contributed by atoms with van der Waals surface area (Å²) in [7, 11) is 2.15. The summed E-state index contributed by atoms with van der Waals surface area (Å²) < 4.78 is 6.23. The zero-order valence-electron chi connectivity index (χ0n) is 21.6. The maximum Gasteiger partial charge on any atom is 0.222 e. The zero-order chi connectivity index (χ0) is 24.7. The summed E-state index contributed by atoms with van der Waals surface area (Å²) in [5.41, 5.74) is 3.57. The number of rotatable bonds is 9. The summed E-state index contributed by atoms with van der Waals surface area (Å²) in [5, 5.41) is 1.18. The van der Waals surface area contributed by atoms with Crippen molar-refractivity contribution in [3.05, 3.63) is 71.9 Å². The number of aromatic nitrogens is 1. The third-order valence-corrected chi connectivity index (χ3v) is 7.77. The SMILES string of the molecule is CN(Cc1cccc(OCC2CCCN(C(=O)CC3CCCC3)C2)c1)Cc1ccc2ncccc2c1. The first kappa shape index (κ1) is 24.8. The number of carbonyl (C=O) groups is 1. The van der Waals surface area contributed by atoms with Gasteiger partial charge in [-0.15, -0.1) is 0 Å². The molecule has 0 spiro atoms. The van der Waals surface area contributed by atoms with E-state index in [1.165, 1.54) is 42.2 Å². The highest BCUT2D eigenvalue weighted by Crippen LogP contribution is 2.29. The van der Waals surface area contributed by atoms with E-state index in [9.17, 15) is 4.79 Å². The highest BCUT2D eigenvalue weighted by Gasteiger charge is 2.27. The normalized spacial score (nSPS) is 18.7. The highest BCUT2D eigenvalue weighted by molar-refractivity contribution is 5.79. The van der Waals surface area contributed by atoms with Gasteiger partial charge in [0.15, 0.2) is 0 Å². The molecular formula is C31H39N3O2. The Bertz CT molecular complexity index is 1160. The van der Waals surface area contributed by atoms with Crippen LogP contribution in [0, 0.1) is 11.8 Å². The van der Waals surface area contributed by atoms with E-state index in [1.807, 2.05) is 18.3 Å². The van der Waals surface area contributed by atoms with Crippen molar-refractivity contribution >= 4 is 16.8 Å². The van der Waals surface area contributed by atoms with Crippen molar-refractivity contribution in [3.8, 4) is 5.75 Å². The van der Waals surface area contributed by atoms with Crippen molar-refractivity contribution in [3.63, 3.8) is 0 Å². The van der Waals surface area contributed by atoms with Crippen LogP contribution >= 0.6 is 0 Å². The second-order valence-corrected chi connectivity index (χ2v) is 10.9. The molecular weight excluding hydrogens is 446 g/mol. The summed E-state index contributed by atoms with van der Waals surface area (Å²) in [6, 6.07) is 19.0. The number of amides is 1. The minimum Gasteiger partial charge on any atom is -0.493 e. The van der Waals surface area contributed by atoms with Gasteiger partial charge in [0, 0.05) is 50.1 Å². The van der Waals surface area contributed by atoms with E-state index >= 15 is 0 Å². The van der Waals surface area contributed by atoms with Crippen LogP contribution in [0.3, 0.4) is 0 Å². The second kappa shape index (κ2) is 11.9. The van der Waals surface area contributed by atoms with Crippen LogP contribution in [0.15, 0.2) is 60.8 Å². The molecule has 2 fully saturated rings. The molecule has 3 aromatic rings. The maximum atomic E-state index is 12.8. The molecule has 0 bridgehead atoms. The number of likely N-dealkylation sites (tertiary alicyclic amines) is 1. The summed E-state index contributed by atoms with van der Waals surface area (Å²) >= 11 is 0. The molecule has 0 N–H and O–H groups in total. The molecule has 1 aliphatic carbocycles. The smallest absolute Gasteiger partial charge is 0.222 e. The van der Waals surface area contributed by atoms with Crippen molar-refractivity contribution in [2.75, 3.05) is 26.7 Å². The summed E-state index contributed by atoms with van der Waals surface area (Å²) in [5.74, 6) is 2.32. The van der Waals surface area contributed by atoms with E-state index in [4.69, 9.17) is 4.74 Å². The lowest BCUT2D eigenvalue weighted by Gasteiger charge is -2.33. The highest BCUT2D eigenvalue weighted by atomic mass is 16.5. The van der Waals surface area contributed by atoms with Crippen LogP contribution in [0.25, 0.3) is 10.9 Å². The number of nitrogens with zero attached hydrogens (tertiary/aromatic N) is 3. The number of carbonyl (C=O) groups excluding carboxylic acids is 1.